The van der Waals surface area contributed by atoms with E-state index < -0.39 is 0 Å². The van der Waals surface area contributed by atoms with Gasteiger partial charge in [-0.3, -0.25) is 9.69 Å². The Kier molecular flexibility index (Phi) is 5.80. The Labute approximate surface area is 109 Å². The molecule has 1 rings (SSSR count). The summed E-state index contributed by atoms with van der Waals surface area (Å²) in [6, 6.07) is 1.12. The molecular formula is C13H25NO2S. The predicted molar refractivity (Wildman–Crippen MR) is 73.4 cm³/mol. The Balaban J connectivity index is 2.29. The molecule has 4 heteroatoms. The first-order chi connectivity index (χ1) is 7.91. The van der Waals surface area contributed by atoms with Gasteiger partial charge in [0.1, 0.15) is 11.4 Å². The smallest absolute Gasteiger partial charge is 0.319 e. The minimum atomic E-state index is -0.0249. The molecule has 0 aromatic carbocycles. The fourth-order valence-electron chi connectivity index (χ4n) is 2.27. The lowest BCUT2D eigenvalue weighted by atomic mass is 10.2. The fourth-order valence-corrected chi connectivity index (χ4v) is 3.47. The first kappa shape index (κ1) is 14.8. The van der Waals surface area contributed by atoms with Crippen LogP contribution in [0.2, 0.25) is 0 Å². The number of ether oxygens (including phenoxy) is 1. The Hall–Kier alpha value is -0.220. The molecule has 1 fully saturated rings. The van der Waals surface area contributed by atoms with Crippen LogP contribution in [0, 0.1) is 0 Å². The summed E-state index contributed by atoms with van der Waals surface area (Å²) in [5.41, 5.74) is 0. The molecule has 0 spiro atoms. The van der Waals surface area contributed by atoms with E-state index in [0.29, 0.717) is 12.1 Å². The molecule has 0 N–H and O–H groups in total. The van der Waals surface area contributed by atoms with Crippen molar-refractivity contribution in [2.75, 3.05) is 12.3 Å². The lowest BCUT2D eigenvalue weighted by molar-refractivity contribution is -0.140. The Bertz CT molecular complexity index is 248. The maximum absolute atomic E-state index is 11.5. The van der Waals surface area contributed by atoms with Crippen molar-refractivity contribution in [1.82, 2.24) is 4.90 Å². The molecular weight excluding hydrogens is 234 g/mol. The third-order valence-electron chi connectivity index (χ3n) is 3.12. The monoisotopic (exact) mass is 259 g/mol. The predicted octanol–water partition coefficient (Wildman–Crippen LogP) is 2.54. The molecule has 0 aromatic rings. The maximum Gasteiger partial charge on any atom is 0.319 e. The molecule has 0 amide bonds. The van der Waals surface area contributed by atoms with Crippen molar-refractivity contribution in [2.45, 2.75) is 64.5 Å². The van der Waals surface area contributed by atoms with Crippen molar-refractivity contribution in [3.8, 4) is 0 Å². The van der Waals surface area contributed by atoms with Gasteiger partial charge in [0.15, 0.2) is 0 Å². The highest BCUT2D eigenvalue weighted by atomic mass is 32.2. The number of carbonyl (C=O) groups excluding carboxylic acids is 1. The van der Waals surface area contributed by atoms with Crippen molar-refractivity contribution in [3.63, 3.8) is 0 Å². The zero-order valence-corrected chi connectivity index (χ0v) is 12.4. The molecule has 1 heterocycles. The van der Waals surface area contributed by atoms with Crippen molar-refractivity contribution < 1.29 is 9.53 Å². The van der Waals surface area contributed by atoms with E-state index in [2.05, 4.69) is 32.6 Å². The van der Waals surface area contributed by atoms with E-state index in [1.165, 1.54) is 0 Å². The highest BCUT2D eigenvalue weighted by molar-refractivity contribution is 8.00. The van der Waals surface area contributed by atoms with Crippen LogP contribution < -0.4 is 0 Å². The molecule has 3 nitrogen and oxygen atoms in total. The lowest BCUT2D eigenvalue weighted by Gasteiger charge is -2.30. The lowest BCUT2D eigenvalue weighted by Crippen LogP contribution is -2.38. The second-order valence-electron chi connectivity index (χ2n) is 5.27. The van der Waals surface area contributed by atoms with Gasteiger partial charge in [-0.2, -0.15) is 0 Å². The van der Waals surface area contributed by atoms with Gasteiger partial charge in [-0.1, -0.05) is 0 Å². The van der Waals surface area contributed by atoms with Crippen molar-refractivity contribution >= 4 is 17.7 Å². The molecule has 1 aliphatic heterocycles. The van der Waals surface area contributed by atoms with Gasteiger partial charge in [-0.25, -0.2) is 0 Å². The van der Waals surface area contributed by atoms with Crippen molar-refractivity contribution in [1.29, 1.82) is 0 Å². The standard InChI is InChI=1S/C13H25NO2S/c1-9(2)14(10(3)4)6-7-17-12-8-11(5)16-13(12)15/h9-12H,6-8H2,1-5H3/t11-,12-/m0/s1. The molecule has 0 aliphatic carbocycles. The van der Waals surface area contributed by atoms with Crippen LogP contribution in [-0.2, 0) is 9.53 Å². The van der Waals surface area contributed by atoms with E-state index in [-0.39, 0.29) is 17.3 Å². The van der Waals surface area contributed by atoms with Crippen molar-refractivity contribution in [2.24, 2.45) is 0 Å². The molecule has 0 unspecified atom stereocenters. The summed E-state index contributed by atoms with van der Waals surface area (Å²) in [6.45, 7) is 11.9. The molecule has 2 atom stereocenters. The topological polar surface area (TPSA) is 29.5 Å². The molecule has 17 heavy (non-hydrogen) atoms. The van der Waals surface area contributed by atoms with Crippen LogP contribution in [0.1, 0.15) is 41.0 Å². The van der Waals surface area contributed by atoms with Crippen LogP contribution in [0.15, 0.2) is 0 Å². The number of thioether (sulfide) groups is 1. The Morgan fingerprint density at radius 2 is 1.94 bits per heavy atom. The molecule has 0 aromatic heterocycles. The van der Waals surface area contributed by atoms with E-state index in [9.17, 15) is 4.79 Å². The minimum Gasteiger partial charge on any atom is -0.462 e. The van der Waals surface area contributed by atoms with Gasteiger partial charge in [0, 0.05) is 30.8 Å². The molecule has 100 valence electrons. The summed E-state index contributed by atoms with van der Waals surface area (Å²) < 4.78 is 5.15. The minimum absolute atomic E-state index is 0.0249. The van der Waals surface area contributed by atoms with Crippen LogP contribution in [-0.4, -0.2) is 46.6 Å². The first-order valence-electron chi connectivity index (χ1n) is 6.49. The normalized spacial score (nSPS) is 25.1. The van der Waals surface area contributed by atoms with E-state index in [0.717, 1.165) is 18.7 Å². The second-order valence-corrected chi connectivity index (χ2v) is 6.58. The van der Waals surface area contributed by atoms with Gasteiger partial charge in [-0.15, -0.1) is 11.8 Å². The number of rotatable bonds is 6. The SMILES string of the molecule is CC(C)N(CCS[C@H]1C[C@H](C)OC1=O)C(C)C. The quantitative estimate of drug-likeness (QED) is 0.686. The Morgan fingerprint density at radius 3 is 2.35 bits per heavy atom. The number of carbonyl (C=O) groups is 1. The first-order valence-corrected chi connectivity index (χ1v) is 7.54. The summed E-state index contributed by atoms with van der Waals surface area (Å²) in [7, 11) is 0. The van der Waals surface area contributed by atoms with Crippen LogP contribution >= 0.6 is 11.8 Å². The second kappa shape index (κ2) is 6.64. The molecule has 0 saturated carbocycles. The maximum atomic E-state index is 11.5. The van der Waals surface area contributed by atoms with E-state index in [4.69, 9.17) is 4.74 Å². The van der Waals surface area contributed by atoms with E-state index in [1.54, 1.807) is 11.8 Å². The third-order valence-corrected chi connectivity index (χ3v) is 4.33. The summed E-state index contributed by atoms with van der Waals surface area (Å²) >= 11 is 1.74. The van der Waals surface area contributed by atoms with Gasteiger partial charge < -0.3 is 4.74 Å². The third kappa shape index (κ3) is 4.51. The van der Waals surface area contributed by atoms with Crippen LogP contribution in [0.25, 0.3) is 0 Å². The van der Waals surface area contributed by atoms with E-state index >= 15 is 0 Å². The summed E-state index contributed by atoms with van der Waals surface area (Å²) in [4.78, 5) is 13.9. The van der Waals surface area contributed by atoms with Gasteiger partial charge >= 0.3 is 5.97 Å². The van der Waals surface area contributed by atoms with Crippen LogP contribution in [0.3, 0.4) is 0 Å². The average molecular weight is 259 g/mol. The zero-order valence-electron chi connectivity index (χ0n) is 11.6. The number of cyclic esters (lactones) is 1. The van der Waals surface area contributed by atoms with Gasteiger partial charge in [0.05, 0.1) is 0 Å². The number of nitrogens with zero attached hydrogens (tertiary/aromatic N) is 1. The van der Waals surface area contributed by atoms with Crippen LogP contribution in [0.4, 0.5) is 0 Å². The summed E-state index contributed by atoms with van der Waals surface area (Å²) in [5.74, 6) is 0.978. The number of hydrogen-bond acceptors (Lipinski definition) is 4. The highest BCUT2D eigenvalue weighted by Crippen LogP contribution is 2.26. The Morgan fingerprint density at radius 1 is 1.35 bits per heavy atom. The molecule has 1 saturated heterocycles. The molecule has 0 radical (unpaired) electrons. The molecule has 1 aliphatic rings. The summed E-state index contributed by atoms with van der Waals surface area (Å²) in [5, 5.41) is 0.0613. The van der Waals surface area contributed by atoms with E-state index in [1.807, 2.05) is 6.92 Å². The molecule has 0 bridgehead atoms. The number of esters is 1. The van der Waals surface area contributed by atoms with Gasteiger partial charge in [0.25, 0.3) is 0 Å². The van der Waals surface area contributed by atoms with Crippen molar-refractivity contribution in [3.05, 3.63) is 0 Å². The van der Waals surface area contributed by atoms with Crippen LogP contribution in [0.5, 0.6) is 0 Å². The fraction of sp³-hybridized carbons (Fsp3) is 0.923. The number of hydrogen-bond donors (Lipinski definition) is 0. The largest absolute Gasteiger partial charge is 0.462 e. The van der Waals surface area contributed by atoms with Gasteiger partial charge in [0.2, 0.25) is 0 Å². The van der Waals surface area contributed by atoms with Gasteiger partial charge in [-0.05, 0) is 34.6 Å². The highest BCUT2D eigenvalue weighted by Gasteiger charge is 2.32. The average Bonchev–Trinajstić information content (AvgIpc) is 2.51. The zero-order chi connectivity index (χ0) is 13.0. The summed E-state index contributed by atoms with van der Waals surface area (Å²) in [6.07, 6.45) is 0.971.